The number of halogens is 2. The fraction of sp³-hybridized carbons (Fsp3) is 0.136. The van der Waals surface area contributed by atoms with Crippen molar-refractivity contribution in [1.82, 2.24) is 20.4 Å². The lowest BCUT2D eigenvalue weighted by atomic mass is 10.0. The third-order valence-electron chi connectivity index (χ3n) is 4.62. The van der Waals surface area contributed by atoms with E-state index in [9.17, 15) is 13.6 Å². The standard InChI is InChI=1S/C22H18F2N4O2/c23-15-6-7-19(24)18(9-15)20-11-21(30-28-20)22(29)27-16(10-17-12-25-13-26-17)8-14-4-2-1-3-5-14/h1-7,9,11-13,16H,8,10H2,(H,25,26)(H,27,29). The molecule has 0 aliphatic carbocycles. The summed E-state index contributed by atoms with van der Waals surface area (Å²) in [6.07, 6.45) is 4.39. The van der Waals surface area contributed by atoms with Crippen LogP contribution >= 0.6 is 0 Å². The molecule has 0 radical (unpaired) electrons. The van der Waals surface area contributed by atoms with E-state index >= 15 is 0 Å². The molecule has 0 fully saturated rings. The Morgan fingerprint density at radius 1 is 1.10 bits per heavy atom. The van der Waals surface area contributed by atoms with Gasteiger partial charge in [-0.1, -0.05) is 35.5 Å². The van der Waals surface area contributed by atoms with Gasteiger partial charge in [-0.15, -0.1) is 0 Å². The van der Waals surface area contributed by atoms with Crippen LogP contribution in [0.15, 0.2) is 71.6 Å². The average molecular weight is 408 g/mol. The maximum absolute atomic E-state index is 14.0. The average Bonchev–Trinajstić information content (AvgIpc) is 3.43. The van der Waals surface area contributed by atoms with Gasteiger partial charge in [0.1, 0.15) is 17.3 Å². The number of benzene rings is 2. The molecule has 0 saturated heterocycles. The highest BCUT2D eigenvalue weighted by molar-refractivity contribution is 5.92. The molecule has 2 heterocycles. The number of hydrogen-bond acceptors (Lipinski definition) is 4. The number of aromatic nitrogens is 3. The van der Waals surface area contributed by atoms with Gasteiger partial charge in [-0.2, -0.15) is 0 Å². The van der Waals surface area contributed by atoms with E-state index in [1.165, 1.54) is 6.07 Å². The first-order valence-corrected chi connectivity index (χ1v) is 9.32. The number of aromatic amines is 1. The van der Waals surface area contributed by atoms with Crippen LogP contribution in [0.25, 0.3) is 11.3 Å². The van der Waals surface area contributed by atoms with Crippen LogP contribution in [0.3, 0.4) is 0 Å². The van der Waals surface area contributed by atoms with Crippen LogP contribution in [-0.2, 0) is 12.8 Å². The summed E-state index contributed by atoms with van der Waals surface area (Å²) in [5.41, 5.74) is 1.90. The maximum atomic E-state index is 14.0. The van der Waals surface area contributed by atoms with Crippen molar-refractivity contribution in [1.29, 1.82) is 0 Å². The third kappa shape index (κ3) is 4.60. The summed E-state index contributed by atoms with van der Waals surface area (Å²) in [6, 6.07) is 13.8. The van der Waals surface area contributed by atoms with Crippen LogP contribution < -0.4 is 5.32 Å². The summed E-state index contributed by atoms with van der Waals surface area (Å²) < 4.78 is 32.5. The first-order valence-electron chi connectivity index (χ1n) is 9.32. The summed E-state index contributed by atoms with van der Waals surface area (Å²) in [5, 5.41) is 6.64. The van der Waals surface area contributed by atoms with Gasteiger partial charge in [-0.05, 0) is 30.2 Å². The number of amides is 1. The Balaban J connectivity index is 1.52. The van der Waals surface area contributed by atoms with Gasteiger partial charge in [0.05, 0.1) is 6.33 Å². The zero-order valence-electron chi connectivity index (χ0n) is 15.8. The molecule has 0 spiro atoms. The van der Waals surface area contributed by atoms with Crippen LogP contribution in [0, 0.1) is 11.6 Å². The number of nitrogens with one attached hydrogen (secondary N) is 2. The Kier molecular flexibility index (Phi) is 5.65. The molecule has 8 heteroatoms. The molecule has 1 amide bonds. The Bertz CT molecular complexity index is 1130. The van der Waals surface area contributed by atoms with Crippen LogP contribution in [-0.4, -0.2) is 27.1 Å². The Morgan fingerprint density at radius 3 is 2.70 bits per heavy atom. The van der Waals surface area contributed by atoms with Gasteiger partial charge >= 0.3 is 0 Å². The molecule has 152 valence electrons. The van der Waals surface area contributed by atoms with Crippen molar-refractivity contribution in [2.75, 3.05) is 0 Å². The number of imidazole rings is 1. The topological polar surface area (TPSA) is 83.8 Å². The van der Waals surface area contributed by atoms with E-state index < -0.39 is 17.5 Å². The molecular weight excluding hydrogens is 390 g/mol. The number of carbonyl (C=O) groups is 1. The second-order valence-corrected chi connectivity index (χ2v) is 6.84. The van der Waals surface area contributed by atoms with Crippen LogP contribution in [0.1, 0.15) is 21.8 Å². The summed E-state index contributed by atoms with van der Waals surface area (Å²) >= 11 is 0. The number of nitrogens with zero attached hydrogens (tertiary/aromatic N) is 2. The summed E-state index contributed by atoms with van der Waals surface area (Å²) in [7, 11) is 0. The highest BCUT2D eigenvalue weighted by Crippen LogP contribution is 2.23. The molecule has 0 bridgehead atoms. The van der Waals surface area contributed by atoms with Crippen molar-refractivity contribution in [2.45, 2.75) is 18.9 Å². The number of hydrogen-bond donors (Lipinski definition) is 2. The van der Waals surface area contributed by atoms with Crippen molar-refractivity contribution in [3.05, 3.63) is 95.8 Å². The molecule has 1 atom stereocenters. The van der Waals surface area contributed by atoms with Gasteiger partial charge in [0.2, 0.25) is 5.76 Å². The molecule has 2 aromatic carbocycles. The molecule has 4 rings (SSSR count). The van der Waals surface area contributed by atoms with Gasteiger partial charge in [-0.3, -0.25) is 4.79 Å². The van der Waals surface area contributed by atoms with E-state index in [2.05, 4.69) is 20.4 Å². The van der Waals surface area contributed by atoms with E-state index in [0.717, 1.165) is 29.5 Å². The minimum atomic E-state index is -0.655. The summed E-state index contributed by atoms with van der Waals surface area (Å²) in [4.78, 5) is 19.8. The van der Waals surface area contributed by atoms with Gasteiger partial charge < -0.3 is 14.8 Å². The lowest BCUT2D eigenvalue weighted by Crippen LogP contribution is -2.38. The normalized spacial score (nSPS) is 11.9. The van der Waals surface area contributed by atoms with E-state index in [-0.39, 0.29) is 23.1 Å². The van der Waals surface area contributed by atoms with Crippen molar-refractivity contribution < 1.29 is 18.1 Å². The number of H-pyrrole nitrogens is 1. The lowest BCUT2D eigenvalue weighted by Gasteiger charge is -2.17. The highest BCUT2D eigenvalue weighted by Gasteiger charge is 2.21. The lowest BCUT2D eigenvalue weighted by molar-refractivity contribution is 0.0899. The zero-order chi connectivity index (χ0) is 20.9. The minimum absolute atomic E-state index is 0.0466. The highest BCUT2D eigenvalue weighted by atomic mass is 19.1. The molecule has 0 saturated carbocycles. The molecule has 0 aliphatic rings. The Morgan fingerprint density at radius 2 is 1.93 bits per heavy atom. The quantitative estimate of drug-likeness (QED) is 0.485. The molecule has 2 aromatic heterocycles. The van der Waals surface area contributed by atoms with Gasteiger partial charge in [0, 0.05) is 36.0 Å². The molecule has 1 unspecified atom stereocenters. The fourth-order valence-electron chi connectivity index (χ4n) is 3.19. The first kappa shape index (κ1) is 19.5. The molecule has 30 heavy (non-hydrogen) atoms. The van der Waals surface area contributed by atoms with Gasteiger partial charge in [0.25, 0.3) is 5.91 Å². The smallest absolute Gasteiger partial charge is 0.290 e. The molecular formula is C22H18F2N4O2. The number of rotatable bonds is 7. The third-order valence-corrected chi connectivity index (χ3v) is 4.62. The van der Waals surface area contributed by atoms with Crippen molar-refractivity contribution in [3.8, 4) is 11.3 Å². The molecule has 0 aliphatic heterocycles. The molecule has 6 nitrogen and oxygen atoms in total. The second kappa shape index (κ2) is 8.69. The first-order chi connectivity index (χ1) is 14.6. The van der Waals surface area contributed by atoms with Crippen molar-refractivity contribution in [2.24, 2.45) is 0 Å². The SMILES string of the molecule is O=C(NC(Cc1ccccc1)Cc1cnc[nH]1)c1cc(-c2cc(F)ccc2F)no1. The second-order valence-electron chi connectivity index (χ2n) is 6.84. The summed E-state index contributed by atoms with van der Waals surface area (Å²) in [5.74, 6) is -1.84. The number of carbonyl (C=O) groups excluding carboxylic acids is 1. The van der Waals surface area contributed by atoms with Crippen molar-refractivity contribution >= 4 is 5.91 Å². The molecule has 4 aromatic rings. The molecule has 2 N–H and O–H groups in total. The van der Waals surface area contributed by atoms with Gasteiger partial charge in [0.15, 0.2) is 0 Å². The van der Waals surface area contributed by atoms with E-state index in [1.807, 2.05) is 30.3 Å². The van der Waals surface area contributed by atoms with Crippen LogP contribution in [0.5, 0.6) is 0 Å². The van der Waals surface area contributed by atoms with Crippen LogP contribution in [0.2, 0.25) is 0 Å². The predicted octanol–water partition coefficient (Wildman–Crippen LogP) is 3.93. The zero-order valence-corrected chi connectivity index (χ0v) is 15.8. The monoisotopic (exact) mass is 408 g/mol. The summed E-state index contributed by atoms with van der Waals surface area (Å²) in [6.45, 7) is 0. The largest absolute Gasteiger partial charge is 0.350 e. The Hall–Kier alpha value is -3.81. The fourth-order valence-corrected chi connectivity index (χ4v) is 3.19. The maximum Gasteiger partial charge on any atom is 0.290 e. The van der Waals surface area contributed by atoms with Crippen molar-refractivity contribution in [3.63, 3.8) is 0 Å². The van der Waals surface area contributed by atoms with E-state index in [0.29, 0.717) is 12.8 Å². The predicted molar refractivity (Wildman–Crippen MR) is 106 cm³/mol. The Labute approximate surface area is 170 Å². The van der Waals surface area contributed by atoms with Gasteiger partial charge in [-0.25, -0.2) is 13.8 Å². The van der Waals surface area contributed by atoms with Crippen LogP contribution in [0.4, 0.5) is 8.78 Å². The minimum Gasteiger partial charge on any atom is -0.350 e. The van der Waals surface area contributed by atoms with E-state index in [1.54, 1.807) is 12.5 Å². The van der Waals surface area contributed by atoms with E-state index in [4.69, 9.17) is 4.52 Å².